The van der Waals surface area contributed by atoms with E-state index in [1.54, 1.807) is 23.1 Å². The third-order valence-electron chi connectivity index (χ3n) is 3.50. The van der Waals surface area contributed by atoms with E-state index in [0.717, 1.165) is 0 Å². The predicted molar refractivity (Wildman–Crippen MR) is 75.4 cm³/mol. The largest absolute Gasteiger partial charge is 0.378 e. The number of rotatable bonds is 4. The Balaban J connectivity index is 1.60. The number of hydrogen-bond donors (Lipinski definition) is 0. The Morgan fingerprint density at radius 3 is 2.82 bits per heavy atom. The molecule has 2 aromatic rings. The van der Waals surface area contributed by atoms with E-state index in [1.165, 1.54) is 6.07 Å². The summed E-state index contributed by atoms with van der Waals surface area (Å²) in [5.74, 6) is 0.167. The molecule has 0 atom stereocenters. The van der Waals surface area contributed by atoms with E-state index in [0.29, 0.717) is 45.0 Å². The maximum Gasteiger partial charge on any atom is 0.227 e. The smallest absolute Gasteiger partial charge is 0.227 e. The minimum absolute atomic E-state index is 0.0361. The van der Waals surface area contributed by atoms with Crippen molar-refractivity contribution in [1.82, 2.24) is 15.0 Å². The quantitative estimate of drug-likeness (QED) is 0.859. The molecule has 0 spiro atoms. The lowest BCUT2D eigenvalue weighted by Gasteiger charge is -2.26. The molecule has 0 bridgehead atoms. The third kappa shape index (κ3) is 3.30. The molecule has 1 aliphatic rings. The van der Waals surface area contributed by atoms with Crippen LogP contribution in [0.2, 0.25) is 0 Å². The van der Waals surface area contributed by atoms with Crippen LogP contribution in [0.1, 0.15) is 12.3 Å². The highest BCUT2D eigenvalue weighted by molar-refractivity contribution is 5.76. The minimum atomic E-state index is -0.403. The normalized spacial score (nSPS) is 15.0. The number of nitrogens with zero attached hydrogens (tertiary/aromatic N) is 3. The summed E-state index contributed by atoms with van der Waals surface area (Å²) in [7, 11) is 0. The van der Waals surface area contributed by atoms with Gasteiger partial charge in [-0.2, -0.15) is 4.98 Å². The van der Waals surface area contributed by atoms with Crippen molar-refractivity contribution in [2.45, 2.75) is 12.8 Å². The Kier molecular flexibility index (Phi) is 4.43. The Morgan fingerprint density at radius 1 is 1.27 bits per heavy atom. The molecule has 0 unspecified atom stereocenters. The molecule has 2 heterocycles. The van der Waals surface area contributed by atoms with Gasteiger partial charge in [-0.1, -0.05) is 17.3 Å². The number of amides is 1. The van der Waals surface area contributed by atoms with E-state index in [4.69, 9.17) is 9.26 Å². The second kappa shape index (κ2) is 6.65. The fourth-order valence-electron chi connectivity index (χ4n) is 2.29. The lowest BCUT2D eigenvalue weighted by molar-refractivity contribution is -0.135. The van der Waals surface area contributed by atoms with E-state index < -0.39 is 5.82 Å². The Morgan fingerprint density at radius 2 is 2.05 bits per heavy atom. The number of ether oxygens (including phenoxy) is 1. The predicted octanol–water partition coefficient (Wildman–Crippen LogP) is 1.67. The number of benzene rings is 1. The van der Waals surface area contributed by atoms with Crippen LogP contribution in [0.4, 0.5) is 4.39 Å². The van der Waals surface area contributed by atoms with Gasteiger partial charge in [0, 0.05) is 25.9 Å². The van der Waals surface area contributed by atoms with E-state index in [-0.39, 0.29) is 17.3 Å². The summed E-state index contributed by atoms with van der Waals surface area (Å²) in [6.45, 7) is 2.37. The van der Waals surface area contributed by atoms with E-state index >= 15 is 0 Å². The van der Waals surface area contributed by atoms with E-state index in [9.17, 15) is 9.18 Å². The second-order valence-electron chi connectivity index (χ2n) is 4.98. The third-order valence-corrected chi connectivity index (χ3v) is 3.50. The molecule has 1 saturated heterocycles. The van der Waals surface area contributed by atoms with Crippen molar-refractivity contribution in [3.8, 4) is 11.4 Å². The first-order chi connectivity index (χ1) is 10.7. The molecule has 0 saturated carbocycles. The molecule has 3 rings (SSSR count). The SMILES string of the molecule is O=C(CCc1nc(-c2ccccc2F)no1)N1CCOCC1. The van der Waals surface area contributed by atoms with Crippen LogP contribution in [0.5, 0.6) is 0 Å². The zero-order valence-electron chi connectivity index (χ0n) is 12.0. The van der Waals surface area contributed by atoms with Gasteiger partial charge in [-0.05, 0) is 12.1 Å². The first-order valence-corrected chi connectivity index (χ1v) is 7.17. The van der Waals surface area contributed by atoms with Gasteiger partial charge in [-0.3, -0.25) is 4.79 Å². The van der Waals surface area contributed by atoms with Crippen LogP contribution in [0, 0.1) is 5.82 Å². The van der Waals surface area contributed by atoms with E-state index in [2.05, 4.69) is 10.1 Å². The highest BCUT2D eigenvalue weighted by atomic mass is 19.1. The number of halogens is 1. The molecular weight excluding hydrogens is 289 g/mol. The minimum Gasteiger partial charge on any atom is -0.378 e. The van der Waals surface area contributed by atoms with Gasteiger partial charge in [-0.25, -0.2) is 4.39 Å². The van der Waals surface area contributed by atoms with Gasteiger partial charge in [-0.15, -0.1) is 0 Å². The molecule has 1 amide bonds. The Bertz CT molecular complexity index is 653. The molecule has 22 heavy (non-hydrogen) atoms. The van der Waals surface area contributed by atoms with Crippen LogP contribution < -0.4 is 0 Å². The van der Waals surface area contributed by atoms with Gasteiger partial charge in [0.2, 0.25) is 17.6 Å². The fourth-order valence-corrected chi connectivity index (χ4v) is 2.29. The lowest BCUT2D eigenvalue weighted by Crippen LogP contribution is -2.40. The maximum atomic E-state index is 13.6. The molecule has 0 radical (unpaired) electrons. The van der Waals surface area contributed by atoms with Crippen molar-refractivity contribution >= 4 is 5.91 Å². The van der Waals surface area contributed by atoms with Gasteiger partial charge in [0.15, 0.2) is 0 Å². The summed E-state index contributed by atoms with van der Waals surface area (Å²) in [6, 6.07) is 6.23. The standard InChI is InChI=1S/C15H16FN3O3/c16-12-4-2-1-3-11(12)15-17-13(22-18-15)5-6-14(20)19-7-9-21-10-8-19/h1-4H,5-10H2. The van der Waals surface area contributed by atoms with Crippen molar-refractivity contribution < 1.29 is 18.4 Å². The summed E-state index contributed by atoms with van der Waals surface area (Å²) in [5.41, 5.74) is 0.289. The molecule has 116 valence electrons. The summed E-state index contributed by atoms with van der Waals surface area (Å²) < 4.78 is 23.9. The van der Waals surface area contributed by atoms with Crippen molar-refractivity contribution in [2.75, 3.05) is 26.3 Å². The first-order valence-electron chi connectivity index (χ1n) is 7.17. The first kappa shape index (κ1) is 14.6. The molecule has 1 aromatic carbocycles. The summed E-state index contributed by atoms with van der Waals surface area (Å²) in [4.78, 5) is 17.9. The Hall–Kier alpha value is -2.28. The molecule has 1 fully saturated rings. The molecule has 0 aliphatic carbocycles. The summed E-state index contributed by atoms with van der Waals surface area (Å²) >= 11 is 0. The fraction of sp³-hybridized carbons (Fsp3) is 0.400. The summed E-state index contributed by atoms with van der Waals surface area (Å²) in [5, 5.41) is 3.77. The van der Waals surface area contributed by atoms with Crippen LogP contribution in [0.3, 0.4) is 0 Å². The highest BCUT2D eigenvalue weighted by Gasteiger charge is 2.18. The van der Waals surface area contributed by atoms with Gasteiger partial charge in [0.1, 0.15) is 5.82 Å². The number of morpholine rings is 1. The van der Waals surface area contributed by atoms with Gasteiger partial charge >= 0.3 is 0 Å². The number of aryl methyl sites for hydroxylation is 1. The van der Waals surface area contributed by atoms with Crippen molar-refractivity contribution in [3.05, 3.63) is 36.0 Å². The number of carbonyl (C=O) groups is 1. The monoisotopic (exact) mass is 305 g/mol. The van der Waals surface area contributed by atoms with Crippen molar-refractivity contribution in [3.63, 3.8) is 0 Å². The van der Waals surface area contributed by atoms with Crippen LogP contribution in [-0.2, 0) is 16.0 Å². The Labute approximate surface area is 126 Å². The summed E-state index contributed by atoms with van der Waals surface area (Å²) in [6.07, 6.45) is 0.635. The number of aromatic nitrogens is 2. The van der Waals surface area contributed by atoms with Crippen molar-refractivity contribution in [2.24, 2.45) is 0 Å². The van der Waals surface area contributed by atoms with Crippen LogP contribution in [-0.4, -0.2) is 47.3 Å². The molecule has 7 heteroatoms. The topological polar surface area (TPSA) is 68.5 Å². The van der Waals surface area contributed by atoms with Gasteiger partial charge in [0.05, 0.1) is 18.8 Å². The highest BCUT2D eigenvalue weighted by Crippen LogP contribution is 2.19. The van der Waals surface area contributed by atoms with Crippen LogP contribution >= 0.6 is 0 Å². The average Bonchev–Trinajstić information content (AvgIpc) is 3.02. The van der Waals surface area contributed by atoms with E-state index in [1.807, 2.05) is 0 Å². The molecule has 1 aliphatic heterocycles. The lowest BCUT2D eigenvalue weighted by atomic mass is 10.2. The second-order valence-corrected chi connectivity index (χ2v) is 4.98. The molecule has 0 N–H and O–H groups in total. The molecular formula is C15H16FN3O3. The van der Waals surface area contributed by atoms with Crippen LogP contribution in [0.25, 0.3) is 11.4 Å². The number of carbonyl (C=O) groups excluding carboxylic acids is 1. The zero-order chi connectivity index (χ0) is 15.4. The molecule has 1 aromatic heterocycles. The maximum absolute atomic E-state index is 13.6. The molecule has 6 nitrogen and oxygen atoms in total. The van der Waals surface area contributed by atoms with Gasteiger partial charge in [0.25, 0.3) is 0 Å². The van der Waals surface area contributed by atoms with Crippen molar-refractivity contribution in [1.29, 1.82) is 0 Å². The van der Waals surface area contributed by atoms with Crippen LogP contribution in [0.15, 0.2) is 28.8 Å². The zero-order valence-corrected chi connectivity index (χ0v) is 12.0. The van der Waals surface area contributed by atoms with Gasteiger partial charge < -0.3 is 14.2 Å². The number of hydrogen-bond acceptors (Lipinski definition) is 5. The average molecular weight is 305 g/mol.